The molecule has 3 heterocycles. The third-order valence-electron chi connectivity index (χ3n) is 10.5. The molecule has 62 heavy (non-hydrogen) atoms. The molecule has 4 unspecified atom stereocenters. The standard InChI is InChI=1S/C45H56N7O9P/c1-28(2)41(53)49-44-48-40-37(42(54)50-44)47-27-51(40)43-39(57-9)38(61-62(59-25-13-24-46)52(29(3)4)30(5)6)36(60-43)26-58-45(31-14-11-10-12-15-31,32-16-20-34(55-7)21-17-32)33-18-22-35(56-8)23-19-33/h10-12,14-23,27-30,36,38-39,43H,13,25-26H2,1-9H3,(H2,48,49,50,53,54)/t36?,38?,39-,43?,62?/m0/s1. The van der Waals surface area contributed by atoms with E-state index in [9.17, 15) is 14.9 Å². The quantitative estimate of drug-likeness (QED) is 0.0451. The highest BCUT2D eigenvalue weighted by Crippen LogP contribution is 2.51. The molecular weight excluding hydrogens is 814 g/mol. The highest BCUT2D eigenvalue weighted by Gasteiger charge is 2.51. The summed E-state index contributed by atoms with van der Waals surface area (Å²) in [6.07, 6.45) is -1.86. The number of aromatic nitrogens is 4. The first-order chi connectivity index (χ1) is 29.9. The topological polar surface area (TPSA) is 184 Å². The number of imidazole rings is 1. The van der Waals surface area contributed by atoms with Crippen LogP contribution in [-0.2, 0) is 33.7 Å². The third kappa shape index (κ3) is 9.85. The van der Waals surface area contributed by atoms with Gasteiger partial charge < -0.3 is 32.7 Å². The second-order valence-corrected chi connectivity index (χ2v) is 17.0. The summed E-state index contributed by atoms with van der Waals surface area (Å²) in [6.45, 7) is 11.8. The number of anilines is 1. The summed E-state index contributed by atoms with van der Waals surface area (Å²) in [7, 11) is 2.99. The number of hydrogen-bond donors (Lipinski definition) is 2. The Balaban J connectivity index is 1.50. The molecular formula is C45H56N7O9P. The molecule has 330 valence electrons. The van der Waals surface area contributed by atoms with Crippen LogP contribution in [0.5, 0.6) is 11.5 Å². The number of fused-ring (bicyclic) bond motifs is 1. The van der Waals surface area contributed by atoms with E-state index < -0.39 is 44.2 Å². The van der Waals surface area contributed by atoms with Crippen LogP contribution in [0.1, 0.15) is 70.9 Å². The summed E-state index contributed by atoms with van der Waals surface area (Å²) >= 11 is 0. The van der Waals surface area contributed by atoms with Gasteiger partial charge in [-0.25, -0.2) is 9.65 Å². The normalized spacial score (nSPS) is 18.5. The fourth-order valence-corrected chi connectivity index (χ4v) is 9.33. The summed E-state index contributed by atoms with van der Waals surface area (Å²) in [5.74, 6) is 0.640. The van der Waals surface area contributed by atoms with Crippen LogP contribution in [0, 0.1) is 17.2 Å². The van der Waals surface area contributed by atoms with E-state index in [-0.39, 0.29) is 60.7 Å². The number of carbonyl (C=O) groups excluding carboxylic acids is 1. The van der Waals surface area contributed by atoms with Crippen molar-refractivity contribution in [2.24, 2.45) is 5.92 Å². The molecule has 0 bridgehead atoms. The molecule has 0 radical (unpaired) electrons. The summed E-state index contributed by atoms with van der Waals surface area (Å²) in [5.41, 5.74) is 0.934. The molecule has 1 saturated heterocycles. The molecule has 0 saturated carbocycles. The number of nitriles is 1. The van der Waals surface area contributed by atoms with Crippen LogP contribution in [0.15, 0.2) is 90.0 Å². The van der Waals surface area contributed by atoms with Crippen LogP contribution in [0.25, 0.3) is 11.2 Å². The zero-order chi connectivity index (χ0) is 44.6. The van der Waals surface area contributed by atoms with Crippen LogP contribution in [0.4, 0.5) is 5.95 Å². The SMILES string of the molecule is COc1ccc(C(OCC2OC(n3cnc4c(=O)[nH]c(NC(=O)C(C)C)nc43)[C@@H](OC)C2OP(OCCC#N)N(C(C)C)C(C)C)(c2ccccc2)c2ccc(OC)cc2)cc1. The monoisotopic (exact) mass is 869 g/mol. The molecule has 5 aromatic rings. The van der Waals surface area contributed by atoms with Crippen LogP contribution in [-0.4, -0.2) is 95.0 Å². The number of carbonyl (C=O) groups is 1. The largest absolute Gasteiger partial charge is 0.497 e. The van der Waals surface area contributed by atoms with Gasteiger partial charge in [-0.2, -0.15) is 10.2 Å². The first-order valence-corrected chi connectivity index (χ1v) is 21.7. The van der Waals surface area contributed by atoms with Crippen LogP contribution in [0.3, 0.4) is 0 Å². The lowest BCUT2D eigenvalue weighted by Gasteiger charge is -2.39. The Hall–Kier alpha value is -5.24. The Morgan fingerprint density at radius 1 is 0.919 bits per heavy atom. The van der Waals surface area contributed by atoms with E-state index in [4.69, 9.17) is 32.7 Å². The van der Waals surface area contributed by atoms with Crippen LogP contribution >= 0.6 is 8.53 Å². The Bertz CT molecular complexity index is 2280. The predicted octanol–water partition coefficient (Wildman–Crippen LogP) is 7.31. The number of nitrogens with one attached hydrogen (secondary N) is 2. The van der Waals surface area contributed by atoms with Gasteiger partial charge in [-0.1, -0.05) is 68.4 Å². The van der Waals surface area contributed by atoms with E-state index in [1.54, 1.807) is 39.7 Å². The van der Waals surface area contributed by atoms with Gasteiger partial charge in [-0.05, 0) is 68.7 Å². The Kier molecular flexibility index (Phi) is 15.5. The zero-order valence-corrected chi connectivity index (χ0v) is 37.5. The van der Waals surface area contributed by atoms with Gasteiger partial charge in [0.05, 0.1) is 46.3 Å². The first kappa shape index (κ1) is 46.3. The lowest BCUT2D eigenvalue weighted by molar-refractivity contribution is -0.118. The molecule has 3 aromatic carbocycles. The second kappa shape index (κ2) is 20.8. The summed E-state index contributed by atoms with van der Waals surface area (Å²) < 4.78 is 49.0. The Labute approximate surface area is 363 Å². The Morgan fingerprint density at radius 2 is 1.52 bits per heavy atom. The van der Waals surface area contributed by atoms with Crippen LogP contribution in [0.2, 0.25) is 0 Å². The van der Waals surface area contributed by atoms with E-state index >= 15 is 0 Å². The maximum Gasteiger partial charge on any atom is 0.280 e. The molecule has 1 aliphatic rings. The molecule has 6 rings (SSSR count). The van der Waals surface area contributed by atoms with Gasteiger partial charge in [0.25, 0.3) is 14.1 Å². The van der Waals surface area contributed by atoms with Crippen molar-refractivity contribution in [1.82, 2.24) is 24.2 Å². The minimum absolute atomic E-state index is 0.000808. The Morgan fingerprint density at radius 3 is 2.05 bits per heavy atom. The maximum atomic E-state index is 13.3. The minimum Gasteiger partial charge on any atom is -0.497 e. The van der Waals surface area contributed by atoms with Gasteiger partial charge in [0, 0.05) is 25.1 Å². The lowest BCUT2D eigenvalue weighted by atomic mass is 9.80. The molecule has 5 atom stereocenters. The fraction of sp³-hybridized carbons (Fsp3) is 0.444. The molecule has 2 aromatic heterocycles. The van der Waals surface area contributed by atoms with Crippen molar-refractivity contribution in [2.45, 2.75) is 90.2 Å². The highest BCUT2D eigenvalue weighted by molar-refractivity contribution is 7.44. The van der Waals surface area contributed by atoms with Gasteiger partial charge in [0.2, 0.25) is 11.9 Å². The average molecular weight is 870 g/mol. The number of hydrogen-bond acceptors (Lipinski definition) is 13. The van der Waals surface area contributed by atoms with Crippen LogP contribution < -0.4 is 20.3 Å². The fourth-order valence-electron chi connectivity index (χ4n) is 7.56. The van der Waals surface area contributed by atoms with Gasteiger partial charge in [0.15, 0.2) is 17.4 Å². The summed E-state index contributed by atoms with van der Waals surface area (Å²) in [5, 5.41) is 12.1. The van der Waals surface area contributed by atoms with Gasteiger partial charge >= 0.3 is 0 Å². The number of amides is 1. The minimum atomic E-state index is -1.81. The molecule has 0 spiro atoms. The van der Waals surface area contributed by atoms with E-state index in [0.29, 0.717) is 11.5 Å². The van der Waals surface area contributed by atoms with E-state index in [0.717, 1.165) is 16.7 Å². The number of rotatable bonds is 20. The predicted molar refractivity (Wildman–Crippen MR) is 235 cm³/mol. The van der Waals surface area contributed by atoms with E-state index in [1.807, 2.05) is 78.9 Å². The van der Waals surface area contributed by atoms with Crippen molar-refractivity contribution < 1.29 is 37.5 Å². The molecule has 0 aliphatic carbocycles. The number of nitrogens with zero attached hydrogens (tertiary/aromatic N) is 5. The summed E-state index contributed by atoms with van der Waals surface area (Å²) in [6, 6.07) is 27.5. The number of ether oxygens (including phenoxy) is 5. The van der Waals surface area contributed by atoms with Gasteiger partial charge in [0.1, 0.15) is 35.4 Å². The smallest absolute Gasteiger partial charge is 0.280 e. The molecule has 1 aliphatic heterocycles. The summed E-state index contributed by atoms with van der Waals surface area (Å²) in [4.78, 5) is 37.7. The highest BCUT2D eigenvalue weighted by atomic mass is 31.2. The van der Waals surface area contributed by atoms with Crippen molar-refractivity contribution in [3.8, 4) is 17.6 Å². The van der Waals surface area contributed by atoms with Gasteiger partial charge in [-0.3, -0.25) is 24.5 Å². The molecule has 2 N–H and O–H groups in total. The molecule has 1 amide bonds. The molecule has 17 heteroatoms. The number of methoxy groups -OCH3 is 3. The second-order valence-electron chi connectivity index (χ2n) is 15.6. The van der Waals surface area contributed by atoms with Crippen molar-refractivity contribution in [3.05, 3.63) is 112 Å². The van der Waals surface area contributed by atoms with Crippen molar-refractivity contribution in [2.75, 3.05) is 39.9 Å². The van der Waals surface area contributed by atoms with Crippen molar-refractivity contribution in [1.29, 1.82) is 5.26 Å². The third-order valence-corrected chi connectivity index (χ3v) is 12.7. The maximum absolute atomic E-state index is 13.3. The molecule has 1 fully saturated rings. The first-order valence-electron chi connectivity index (χ1n) is 20.6. The lowest BCUT2D eigenvalue weighted by Crippen LogP contribution is -2.42. The number of benzene rings is 3. The van der Waals surface area contributed by atoms with Crippen molar-refractivity contribution >= 4 is 31.5 Å². The molecule has 16 nitrogen and oxygen atoms in total. The van der Waals surface area contributed by atoms with E-state index in [2.05, 4.69) is 58.7 Å². The number of H-pyrrole nitrogens is 1. The number of aromatic amines is 1. The van der Waals surface area contributed by atoms with E-state index in [1.165, 1.54) is 6.33 Å². The average Bonchev–Trinajstić information content (AvgIpc) is 3.85. The van der Waals surface area contributed by atoms with Gasteiger partial charge in [-0.15, -0.1) is 0 Å². The zero-order valence-electron chi connectivity index (χ0n) is 36.6. The van der Waals surface area contributed by atoms with Crippen molar-refractivity contribution in [3.63, 3.8) is 0 Å².